The number of hydrogen-bond acceptors (Lipinski definition) is 2. The molecule has 2 aromatic rings. The highest BCUT2D eigenvalue weighted by Crippen LogP contribution is 2.23. The van der Waals surface area contributed by atoms with E-state index in [1.165, 1.54) is 30.3 Å². The summed E-state index contributed by atoms with van der Waals surface area (Å²) in [6.45, 7) is 2.12. The molecule has 6 heteroatoms. The smallest absolute Gasteiger partial charge is 0.258 e. The summed E-state index contributed by atoms with van der Waals surface area (Å²) in [5.74, 6) is -1.29. The average molecular weight is 337 g/mol. The fraction of sp³-hybridized carbons (Fsp3) is 0.235. The minimum absolute atomic E-state index is 0.0793. The predicted molar refractivity (Wildman–Crippen MR) is 85.9 cm³/mol. The van der Waals surface area contributed by atoms with Gasteiger partial charge >= 0.3 is 0 Å². The van der Waals surface area contributed by atoms with Crippen molar-refractivity contribution in [1.82, 2.24) is 4.90 Å². The van der Waals surface area contributed by atoms with Crippen molar-refractivity contribution in [2.45, 2.75) is 0 Å². The van der Waals surface area contributed by atoms with E-state index in [2.05, 4.69) is 4.90 Å². The number of carbonyl (C=O) groups is 1. The number of anilines is 1. The molecule has 1 aliphatic heterocycles. The fourth-order valence-corrected chi connectivity index (χ4v) is 2.92. The van der Waals surface area contributed by atoms with Gasteiger partial charge in [0.05, 0.1) is 10.6 Å². The Labute approximate surface area is 138 Å². The van der Waals surface area contributed by atoms with Gasteiger partial charge in [-0.25, -0.2) is 8.78 Å². The second-order valence-electron chi connectivity index (χ2n) is 5.35. The lowest BCUT2D eigenvalue weighted by molar-refractivity contribution is 0.0742. The van der Waals surface area contributed by atoms with Crippen molar-refractivity contribution in [2.24, 2.45) is 0 Å². The first-order chi connectivity index (χ1) is 11.1. The number of rotatable bonds is 2. The van der Waals surface area contributed by atoms with E-state index in [4.69, 9.17) is 11.6 Å². The van der Waals surface area contributed by atoms with Crippen molar-refractivity contribution < 1.29 is 13.6 Å². The first kappa shape index (κ1) is 15.7. The molecule has 1 saturated heterocycles. The van der Waals surface area contributed by atoms with E-state index in [1.54, 1.807) is 17.0 Å². The monoisotopic (exact) mass is 336 g/mol. The van der Waals surface area contributed by atoms with Crippen LogP contribution >= 0.6 is 11.6 Å². The zero-order valence-corrected chi connectivity index (χ0v) is 13.1. The summed E-state index contributed by atoms with van der Waals surface area (Å²) in [5, 5.41) is 0.121. The molecule has 0 saturated carbocycles. The Kier molecular flexibility index (Phi) is 4.48. The Morgan fingerprint density at radius 3 is 2.22 bits per heavy atom. The lowest BCUT2D eigenvalue weighted by Gasteiger charge is -2.36. The van der Waals surface area contributed by atoms with Crippen LogP contribution < -0.4 is 4.90 Å². The number of benzene rings is 2. The number of nitrogens with zero attached hydrogens (tertiary/aromatic N) is 2. The predicted octanol–water partition coefficient (Wildman–Crippen LogP) is 3.58. The average Bonchev–Trinajstić information content (AvgIpc) is 2.55. The summed E-state index contributed by atoms with van der Waals surface area (Å²) in [7, 11) is 0. The topological polar surface area (TPSA) is 23.6 Å². The minimum Gasteiger partial charge on any atom is -0.368 e. The number of piperazine rings is 1. The number of amides is 1. The first-order valence-corrected chi connectivity index (χ1v) is 7.68. The lowest BCUT2D eigenvalue weighted by Crippen LogP contribution is -2.49. The normalized spacial score (nSPS) is 14.9. The molecule has 0 atom stereocenters. The van der Waals surface area contributed by atoms with Crippen molar-refractivity contribution in [3.63, 3.8) is 0 Å². The van der Waals surface area contributed by atoms with Crippen LogP contribution in [0.15, 0.2) is 42.5 Å². The van der Waals surface area contributed by atoms with Gasteiger partial charge in [-0.2, -0.15) is 0 Å². The van der Waals surface area contributed by atoms with Crippen LogP contribution in [-0.4, -0.2) is 37.0 Å². The highest BCUT2D eigenvalue weighted by atomic mass is 35.5. The molecule has 0 unspecified atom stereocenters. The SMILES string of the molecule is O=C(c1c(F)cccc1Cl)N1CCN(c2ccc(F)cc2)CC1. The number of hydrogen-bond donors (Lipinski definition) is 0. The van der Waals surface area contributed by atoms with Gasteiger partial charge < -0.3 is 9.80 Å². The molecule has 1 fully saturated rings. The van der Waals surface area contributed by atoms with Crippen molar-refractivity contribution in [2.75, 3.05) is 31.1 Å². The summed E-state index contributed by atoms with van der Waals surface area (Å²) >= 11 is 5.95. The third kappa shape index (κ3) is 3.29. The van der Waals surface area contributed by atoms with Crippen LogP contribution in [0, 0.1) is 11.6 Å². The molecule has 0 radical (unpaired) electrons. The quantitative estimate of drug-likeness (QED) is 0.837. The first-order valence-electron chi connectivity index (χ1n) is 7.30. The van der Waals surface area contributed by atoms with Gasteiger partial charge in [0.25, 0.3) is 5.91 Å². The Balaban J connectivity index is 1.69. The summed E-state index contributed by atoms with van der Waals surface area (Å²) in [5.41, 5.74) is 0.826. The van der Waals surface area contributed by atoms with Crippen LogP contribution in [0.5, 0.6) is 0 Å². The third-order valence-corrected chi connectivity index (χ3v) is 4.25. The Morgan fingerprint density at radius 1 is 0.957 bits per heavy atom. The van der Waals surface area contributed by atoms with Crippen LogP contribution in [-0.2, 0) is 0 Å². The van der Waals surface area contributed by atoms with Crippen LogP contribution in [0.3, 0.4) is 0 Å². The Hall–Kier alpha value is -2.14. The van der Waals surface area contributed by atoms with Crippen molar-refractivity contribution in [3.05, 3.63) is 64.7 Å². The highest BCUT2D eigenvalue weighted by molar-refractivity contribution is 6.33. The van der Waals surface area contributed by atoms with Crippen LogP contribution in [0.4, 0.5) is 14.5 Å². The molecule has 2 aromatic carbocycles. The molecule has 0 bridgehead atoms. The second-order valence-corrected chi connectivity index (χ2v) is 5.76. The van der Waals surface area contributed by atoms with Gasteiger partial charge in [-0.3, -0.25) is 4.79 Å². The molecule has 23 heavy (non-hydrogen) atoms. The lowest BCUT2D eigenvalue weighted by atomic mass is 10.1. The zero-order valence-electron chi connectivity index (χ0n) is 12.3. The van der Waals surface area contributed by atoms with Crippen LogP contribution in [0.25, 0.3) is 0 Å². The van der Waals surface area contributed by atoms with Gasteiger partial charge in [0, 0.05) is 31.9 Å². The molecule has 120 valence electrons. The van der Waals surface area contributed by atoms with Crippen LogP contribution in [0.2, 0.25) is 5.02 Å². The highest BCUT2D eigenvalue weighted by Gasteiger charge is 2.25. The van der Waals surface area contributed by atoms with Gasteiger partial charge in [-0.1, -0.05) is 17.7 Å². The van der Waals surface area contributed by atoms with Gasteiger partial charge in [0.15, 0.2) is 0 Å². The maximum absolute atomic E-state index is 13.9. The molecular formula is C17H15ClF2N2O. The molecule has 3 rings (SSSR count). The third-order valence-electron chi connectivity index (χ3n) is 3.94. The fourth-order valence-electron chi connectivity index (χ4n) is 2.68. The molecule has 0 spiro atoms. The minimum atomic E-state index is -0.608. The second kappa shape index (κ2) is 6.54. The summed E-state index contributed by atoms with van der Waals surface area (Å²) < 4.78 is 26.8. The molecule has 0 aliphatic carbocycles. The summed E-state index contributed by atoms with van der Waals surface area (Å²) in [4.78, 5) is 16.1. The van der Waals surface area contributed by atoms with E-state index in [-0.39, 0.29) is 16.4 Å². The maximum atomic E-state index is 13.9. The van der Waals surface area contributed by atoms with Crippen LogP contribution in [0.1, 0.15) is 10.4 Å². The van der Waals surface area contributed by atoms with Crippen molar-refractivity contribution in [1.29, 1.82) is 0 Å². The van der Waals surface area contributed by atoms with Gasteiger partial charge in [0.1, 0.15) is 11.6 Å². The van der Waals surface area contributed by atoms with Gasteiger partial charge in [-0.15, -0.1) is 0 Å². The maximum Gasteiger partial charge on any atom is 0.258 e. The van der Waals surface area contributed by atoms with E-state index >= 15 is 0 Å². The molecule has 1 heterocycles. The van der Waals surface area contributed by atoms with E-state index in [9.17, 15) is 13.6 Å². The van der Waals surface area contributed by atoms with Gasteiger partial charge in [0.2, 0.25) is 0 Å². The number of halogens is 3. The summed E-state index contributed by atoms with van der Waals surface area (Å²) in [6.07, 6.45) is 0. The Bertz CT molecular complexity index is 693. The van der Waals surface area contributed by atoms with E-state index < -0.39 is 11.7 Å². The van der Waals surface area contributed by atoms with Crippen molar-refractivity contribution in [3.8, 4) is 0 Å². The largest absolute Gasteiger partial charge is 0.368 e. The molecule has 0 aromatic heterocycles. The molecule has 1 amide bonds. The van der Waals surface area contributed by atoms with E-state index in [0.717, 1.165) is 5.69 Å². The van der Waals surface area contributed by atoms with Gasteiger partial charge in [-0.05, 0) is 36.4 Å². The van der Waals surface area contributed by atoms with Crippen molar-refractivity contribution >= 4 is 23.2 Å². The van der Waals surface area contributed by atoms with E-state index in [1.807, 2.05) is 0 Å². The molecule has 0 N–H and O–H groups in total. The van der Waals surface area contributed by atoms with E-state index in [0.29, 0.717) is 26.2 Å². The summed E-state index contributed by atoms with van der Waals surface area (Å²) in [6, 6.07) is 10.4. The molecule has 1 aliphatic rings. The number of carbonyl (C=O) groups excluding carboxylic acids is 1. The standard InChI is InChI=1S/C17H15ClF2N2O/c18-14-2-1-3-15(20)16(14)17(23)22-10-8-21(9-11-22)13-6-4-12(19)5-7-13/h1-7H,8-11H2. The Morgan fingerprint density at radius 2 is 1.61 bits per heavy atom. The molecule has 3 nitrogen and oxygen atoms in total. The molecular weight excluding hydrogens is 322 g/mol. The zero-order chi connectivity index (χ0) is 16.4.